The van der Waals surface area contributed by atoms with Crippen LogP contribution in [0.4, 0.5) is 5.95 Å². The highest BCUT2D eigenvalue weighted by atomic mass is 16.3. The maximum Gasteiger partial charge on any atom is 0.204 e. The number of aromatic nitrogens is 2. The molecule has 2 N–H and O–H groups in total. The molecule has 1 aromatic heterocycles. The molecule has 0 aliphatic rings. The SMILES string of the molecule is CN(C)c1ncc(CN[C@@H](CO)Cc2ccccc2)n1C. The van der Waals surface area contributed by atoms with Gasteiger partial charge in [-0.05, 0) is 12.0 Å². The van der Waals surface area contributed by atoms with E-state index in [1.54, 1.807) is 0 Å². The van der Waals surface area contributed by atoms with E-state index in [1.807, 2.05) is 50.4 Å². The Balaban J connectivity index is 1.94. The van der Waals surface area contributed by atoms with E-state index in [0.29, 0.717) is 6.54 Å². The molecule has 0 aliphatic heterocycles. The minimum Gasteiger partial charge on any atom is -0.395 e. The first kappa shape index (κ1) is 15.5. The predicted molar refractivity (Wildman–Crippen MR) is 85.4 cm³/mol. The molecule has 0 radical (unpaired) electrons. The van der Waals surface area contributed by atoms with Crippen LogP contribution < -0.4 is 10.2 Å². The Morgan fingerprint density at radius 3 is 2.57 bits per heavy atom. The Morgan fingerprint density at radius 2 is 2.00 bits per heavy atom. The van der Waals surface area contributed by atoms with Crippen LogP contribution in [0.15, 0.2) is 36.5 Å². The Hall–Kier alpha value is -1.85. The second-order valence-corrected chi connectivity index (χ2v) is 5.45. The van der Waals surface area contributed by atoms with E-state index in [2.05, 4.69) is 27.0 Å². The molecule has 0 unspecified atom stereocenters. The summed E-state index contributed by atoms with van der Waals surface area (Å²) < 4.78 is 2.06. The third-order valence-corrected chi connectivity index (χ3v) is 3.58. The van der Waals surface area contributed by atoms with Gasteiger partial charge in [0, 0.05) is 33.7 Å². The van der Waals surface area contributed by atoms with Crippen molar-refractivity contribution in [3.05, 3.63) is 47.8 Å². The topological polar surface area (TPSA) is 53.3 Å². The van der Waals surface area contributed by atoms with Crippen molar-refractivity contribution in [2.24, 2.45) is 7.05 Å². The first-order valence-electron chi connectivity index (χ1n) is 7.18. The minimum atomic E-state index is 0.0464. The van der Waals surface area contributed by atoms with Gasteiger partial charge in [0.25, 0.3) is 0 Å². The van der Waals surface area contributed by atoms with Crippen molar-refractivity contribution in [1.82, 2.24) is 14.9 Å². The van der Waals surface area contributed by atoms with Gasteiger partial charge in [0.1, 0.15) is 0 Å². The summed E-state index contributed by atoms with van der Waals surface area (Å²) in [7, 11) is 5.96. The zero-order valence-corrected chi connectivity index (χ0v) is 13.0. The molecule has 2 aromatic rings. The normalized spacial score (nSPS) is 12.4. The van der Waals surface area contributed by atoms with E-state index < -0.39 is 0 Å². The average Bonchev–Trinajstić information content (AvgIpc) is 2.86. The molecule has 1 atom stereocenters. The fourth-order valence-corrected chi connectivity index (χ4v) is 2.36. The lowest BCUT2D eigenvalue weighted by Crippen LogP contribution is -2.34. The van der Waals surface area contributed by atoms with E-state index in [9.17, 15) is 5.11 Å². The summed E-state index contributed by atoms with van der Waals surface area (Å²) >= 11 is 0. The number of aliphatic hydroxyl groups is 1. The maximum atomic E-state index is 9.53. The van der Waals surface area contributed by atoms with Gasteiger partial charge in [0.05, 0.1) is 18.5 Å². The van der Waals surface area contributed by atoms with Crippen LogP contribution in [-0.4, -0.2) is 41.4 Å². The lowest BCUT2D eigenvalue weighted by Gasteiger charge is -2.17. The number of imidazole rings is 1. The van der Waals surface area contributed by atoms with Crippen molar-refractivity contribution in [2.75, 3.05) is 25.6 Å². The molecule has 1 aromatic carbocycles. The number of nitrogens with one attached hydrogen (secondary N) is 1. The number of benzene rings is 1. The molecule has 2 rings (SSSR count). The van der Waals surface area contributed by atoms with E-state index in [4.69, 9.17) is 0 Å². The van der Waals surface area contributed by atoms with Crippen molar-refractivity contribution >= 4 is 5.95 Å². The summed E-state index contributed by atoms with van der Waals surface area (Å²) in [5, 5.41) is 12.9. The molecular formula is C16H24N4O. The van der Waals surface area contributed by atoms with Crippen LogP contribution in [0.1, 0.15) is 11.3 Å². The molecule has 0 amide bonds. The van der Waals surface area contributed by atoms with Crippen LogP contribution in [0.2, 0.25) is 0 Å². The van der Waals surface area contributed by atoms with Gasteiger partial charge in [0.2, 0.25) is 5.95 Å². The Labute approximate surface area is 126 Å². The number of rotatable bonds is 7. The molecule has 0 fully saturated rings. The summed E-state index contributed by atoms with van der Waals surface area (Å²) in [5.74, 6) is 0.926. The van der Waals surface area contributed by atoms with Gasteiger partial charge in [-0.25, -0.2) is 4.98 Å². The monoisotopic (exact) mass is 288 g/mol. The minimum absolute atomic E-state index is 0.0464. The molecule has 0 spiro atoms. The highest BCUT2D eigenvalue weighted by Gasteiger charge is 2.11. The van der Waals surface area contributed by atoms with Gasteiger partial charge >= 0.3 is 0 Å². The van der Waals surface area contributed by atoms with Crippen LogP contribution in [0, 0.1) is 0 Å². The summed E-state index contributed by atoms with van der Waals surface area (Å²) in [6.45, 7) is 0.808. The fraction of sp³-hybridized carbons (Fsp3) is 0.438. The van der Waals surface area contributed by atoms with Crippen molar-refractivity contribution in [3.8, 4) is 0 Å². The molecule has 0 aliphatic carbocycles. The standard InChI is InChI=1S/C16H24N4O/c1-19(2)16-18-11-15(20(16)3)10-17-14(12-21)9-13-7-5-4-6-8-13/h4-8,11,14,17,21H,9-10,12H2,1-3H3/t14-/m1/s1. The summed E-state index contributed by atoms with van der Waals surface area (Å²) in [6.07, 6.45) is 2.69. The molecule has 1 heterocycles. The summed E-state index contributed by atoms with van der Waals surface area (Å²) in [6, 6.07) is 10.3. The molecule has 0 saturated heterocycles. The van der Waals surface area contributed by atoms with Crippen LogP contribution in [-0.2, 0) is 20.0 Å². The number of aliphatic hydroxyl groups excluding tert-OH is 1. The molecule has 0 bridgehead atoms. The second-order valence-electron chi connectivity index (χ2n) is 5.45. The lowest BCUT2D eigenvalue weighted by molar-refractivity contribution is 0.240. The Bertz CT molecular complexity index is 551. The van der Waals surface area contributed by atoms with Crippen molar-refractivity contribution in [3.63, 3.8) is 0 Å². The Morgan fingerprint density at radius 1 is 1.29 bits per heavy atom. The molecular weight excluding hydrogens is 264 g/mol. The van der Waals surface area contributed by atoms with Crippen LogP contribution in [0.25, 0.3) is 0 Å². The van der Waals surface area contributed by atoms with Gasteiger partial charge in [-0.1, -0.05) is 30.3 Å². The van der Waals surface area contributed by atoms with E-state index in [-0.39, 0.29) is 12.6 Å². The number of nitrogens with zero attached hydrogens (tertiary/aromatic N) is 3. The van der Waals surface area contributed by atoms with Crippen molar-refractivity contribution in [1.29, 1.82) is 0 Å². The smallest absolute Gasteiger partial charge is 0.204 e. The van der Waals surface area contributed by atoms with Crippen LogP contribution in [0.5, 0.6) is 0 Å². The molecule has 114 valence electrons. The summed E-state index contributed by atoms with van der Waals surface area (Å²) in [5.41, 5.74) is 2.33. The number of hydrogen-bond acceptors (Lipinski definition) is 4. The largest absolute Gasteiger partial charge is 0.395 e. The first-order chi connectivity index (χ1) is 10.1. The first-order valence-corrected chi connectivity index (χ1v) is 7.18. The molecule has 21 heavy (non-hydrogen) atoms. The quantitative estimate of drug-likeness (QED) is 0.803. The van der Waals surface area contributed by atoms with Gasteiger partial charge < -0.3 is 19.9 Å². The Kier molecular flexibility index (Phi) is 5.36. The average molecular weight is 288 g/mol. The van der Waals surface area contributed by atoms with Gasteiger partial charge in [-0.3, -0.25) is 0 Å². The van der Waals surface area contributed by atoms with Crippen LogP contribution in [0.3, 0.4) is 0 Å². The molecule has 5 nitrogen and oxygen atoms in total. The zero-order chi connectivity index (χ0) is 15.2. The van der Waals surface area contributed by atoms with E-state index in [1.165, 1.54) is 5.56 Å². The highest BCUT2D eigenvalue weighted by molar-refractivity contribution is 5.31. The fourth-order valence-electron chi connectivity index (χ4n) is 2.36. The molecule has 5 heteroatoms. The lowest BCUT2D eigenvalue weighted by atomic mass is 10.1. The predicted octanol–water partition coefficient (Wildman–Crippen LogP) is 1.18. The third kappa shape index (κ3) is 4.06. The third-order valence-electron chi connectivity index (χ3n) is 3.58. The zero-order valence-electron chi connectivity index (χ0n) is 13.0. The summed E-state index contributed by atoms with van der Waals surface area (Å²) in [4.78, 5) is 6.37. The van der Waals surface area contributed by atoms with E-state index >= 15 is 0 Å². The van der Waals surface area contributed by atoms with Gasteiger partial charge in [0.15, 0.2) is 0 Å². The van der Waals surface area contributed by atoms with E-state index in [0.717, 1.165) is 18.1 Å². The second kappa shape index (κ2) is 7.24. The van der Waals surface area contributed by atoms with Gasteiger partial charge in [-0.2, -0.15) is 0 Å². The molecule has 0 saturated carbocycles. The maximum absolute atomic E-state index is 9.53. The number of anilines is 1. The van der Waals surface area contributed by atoms with Gasteiger partial charge in [-0.15, -0.1) is 0 Å². The van der Waals surface area contributed by atoms with Crippen molar-refractivity contribution < 1.29 is 5.11 Å². The number of hydrogen-bond donors (Lipinski definition) is 2. The highest BCUT2D eigenvalue weighted by Crippen LogP contribution is 2.11. The van der Waals surface area contributed by atoms with Crippen molar-refractivity contribution in [2.45, 2.75) is 19.0 Å². The van der Waals surface area contributed by atoms with Crippen LogP contribution >= 0.6 is 0 Å².